The summed E-state index contributed by atoms with van der Waals surface area (Å²) < 4.78 is 19.0. The lowest BCUT2D eigenvalue weighted by Gasteiger charge is -2.34. The predicted molar refractivity (Wildman–Crippen MR) is 127 cm³/mol. The number of aromatic nitrogens is 2. The summed E-state index contributed by atoms with van der Waals surface area (Å²) in [4.78, 5) is 36.9. The van der Waals surface area contributed by atoms with Gasteiger partial charge in [0.15, 0.2) is 0 Å². The van der Waals surface area contributed by atoms with E-state index in [4.69, 9.17) is 4.74 Å². The zero-order chi connectivity index (χ0) is 24.7. The van der Waals surface area contributed by atoms with Crippen LogP contribution in [0.5, 0.6) is 5.75 Å². The second kappa shape index (κ2) is 10.9. The van der Waals surface area contributed by atoms with E-state index >= 15 is 0 Å². The van der Waals surface area contributed by atoms with Gasteiger partial charge in [-0.15, -0.1) is 0 Å². The number of ether oxygens (including phenoxy) is 1. The van der Waals surface area contributed by atoms with Crippen LogP contribution in [0.4, 0.5) is 4.39 Å². The lowest BCUT2D eigenvalue weighted by molar-refractivity contribution is -0.127. The molecule has 1 N–H and O–H groups in total. The maximum Gasteiger partial charge on any atom is 0.275 e. The molecule has 0 aliphatic heterocycles. The van der Waals surface area contributed by atoms with Gasteiger partial charge < -0.3 is 15.0 Å². The highest BCUT2D eigenvalue weighted by molar-refractivity contribution is 5.96. The second-order valence-electron chi connectivity index (χ2n) is 8.56. The maximum absolute atomic E-state index is 13.7. The number of rotatable bonds is 9. The molecule has 2 amide bonds. The molecule has 0 saturated carbocycles. The Labute approximate surface area is 199 Å². The van der Waals surface area contributed by atoms with Crippen LogP contribution in [0.15, 0.2) is 67.1 Å². The highest BCUT2D eigenvalue weighted by atomic mass is 19.1. The van der Waals surface area contributed by atoms with E-state index in [1.807, 2.05) is 32.9 Å². The molecule has 7 nitrogen and oxygen atoms in total. The largest absolute Gasteiger partial charge is 0.497 e. The van der Waals surface area contributed by atoms with Crippen molar-refractivity contribution in [3.8, 4) is 5.75 Å². The lowest BCUT2D eigenvalue weighted by Crippen LogP contribution is -2.50. The fraction of sp³-hybridized carbons (Fsp3) is 0.308. The summed E-state index contributed by atoms with van der Waals surface area (Å²) in [7, 11) is 1.56. The van der Waals surface area contributed by atoms with Gasteiger partial charge in [-0.2, -0.15) is 0 Å². The smallest absolute Gasteiger partial charge is 0.275 e. The molecule has 2 aromatic carbocycles. The standard InChI is InChI=1S/C26H29FN4O3/c1-5-26(2,3)30-24(32)23(19-9-11-20(27)12-10-19)31(25(33)22-16-28-13-14-29-22)17-18-7-6-8-21(15-18)34-4/h6-16,23H,5,17H2,1-4H3,(H,30,32)/t23-/m1/s1. The number of carbonyl (C=O) groups is 2. The lowest BCUT2D eigenvalue weighted by atomic mass is 9.98. The topological polar surface area (TPSA) is 84.4 Å². The summed E-state index contributed by atoms with van der Waals surface area (Å²) in [6.45, 7) is 5.87. The van der Waals surface area contributed by atoms with Gasteiger partial charge in [-0.3, -0.25) is 14.6 Å². The van der Waals surface area contributed by atoms with Gasteiger partial charge in [0.2, 0.25) is 5.91 Å². The van der Waals surface area contributed by atoms with Gasteiger partial charge in [-0.05, 0) is 55.7 Å². The third kappa shape index (κ3) is 6.15. The fourth-order valence-electron chi connectivity index (χ4n) is 3.41. The summed E-state index contributed by atoms with van der Waals surface area (Å²) in [5.41, 5.74) is 0.823. The summed E-state index contributed by atoms with van der Waals surface area (Å²) in [6.07, 6.45) is 4.93. The summed E-state index contributed by atoms with van der Waals surface area (Å²) in [5, 5.41) is 3.03. The Morgan fingerprint density at radius 1 is 1.15 bits per heavy atom. The molecule has 0 radical (unpaired) electrons. The third-order valence-electron chi connectivity index (χ3n) is 5.62. The third-order valence-corrected chi connectivity index (χ3v) is 5.62. The van der Waals surface area contributed by atoms with Gasteiger partial charge in [-0.1, -0.05) is 31.2 Å². The molecule has 0 saturated heterocycles. The van der Waals surface area contributed by atoms with E-state index in [0.29, 0.717) is 17.7 Å². The second-order valence-corrected chi connectivity index (χ2v) is 8.56. The maximum atomic E-state index is 13.7. The molecule has 178 valence electrons. The number of hydrogen-bond donors (Lipinski definition) is 1. The van der Waals surface area contributed by atoms with Gasteiger partial charge in [0, 0.05) is 24.5 Å². The minimum absolute atomic E-state index is 0.0919. The van der Waals surface area contributed by atoms with Crippen LogP contribution in [-0.4, -0.2) is 39.3 Å². The van der Waals surface area contributed by atoms with E-state index in [1.54, 1.807) is 19.2 Å². The van der Waals surface area contributed by atoms with Crippen LogP contribution in [0.1, 0.15) is 54.8 Å². The Balaban J connectivity index is 2.11. The van der Waals surface area contributed by atoms with Crippen molar-refractivity contribution in [2.45, 2.75) is 45.3 Å². The number of nitrogens with zero attached hydrogens (tertiary/aromatic N) is 3. The molecule has 1 heterocycles. The SMILES string of the molecule is CCC(C)(C)NC(=O)[C@@H](c1ccc(F)cc1)N(Cc1cccc(OC)c1)C(=O)c1cnccn1. The molecule has 1 atom stereocenters. The first-order chi connectivity index (χ1) is 16.2. The van der Waals surface area contributed by atoms with E-state index < -0.39 is 23.3 Å². The van der Waals surface area contributed by atoms with E-state index in [-0.39, 0.29) is 18.1 Å². The van der Waals surface area contributed by atoms with Crippen LogP contribution in [-0.2, 0) is 11.3 Å². The molecular formula is C26H29FN4O3. The van der Waals surface area contributed by atoms with Crippen molar-refractivity contribution >= 4 is 11.8 Å². The number of methoxy groups -OCH3 is 1. The molecule has 0 bridgehead atoms. The number of carbonyl (C=O) groups excluding carboxylic acids is 2. The molecule has 0 spiro atoms. The summed E-state index contributed by atoms with van der Waals surface area (Å²) in [5.74, 6) is -0.663. The normalized spacial score (nSPS) is 12.0. The molecule has 0 unspecified atom stereocenters. The average Bonchev–Trinajstić information content (AvgIpc) is 2.84. The molecule has 8 heteroatoms. The Morgan fingerprint density at radius 2 is 1.88 bits per heavy atom. The van der Waals surface area contributed by atoms with Crippen molar-refractivity contribution in [2.24, 2.45) is 0 Å². The zero-order valence-corrected chi connectivity index (χ0v) is 19.8. The molecular weight excluding hydrogens is 435 g/mol. The fourth-order valence-corrected chi connectivity index (χ4v) is 3.41. The number of amides is 2. The molecule has 0 aliphatic rings. The van der Waals surface area contributed by atoms with Gasteiger partial charge in [0.05, 0.1) is 13.3 Å². The molecule has 0 aliphatic carbocycles. The van der Waals surface area contributed by atoms with Gasteiger partial charge in [0.25, 0.3) is 5.91 Å². The van der Waals surface area contributed by atoms with E-state index in [1.165, 1.54) is 47.8 Å². The first-order valence-corrected chi connectivity index (χ1v) is 11.0. The molecule has 3 aromatic rings. The van der Waals surface area contributed by atoms with Crippen LogP contribution in [0.2, 0.25) is 0 Å². The molecule has 34 heavy (non-hydrogen) atoms. The van der Waals surface area contributed by atoms with Gasteiger partial charge in [-0.25, -0.2) is 9.37 Å². The van der Waals surface area contributed by atoms with Crippen molar-refractivity contribution in [3.63, 3.8) is 0 Å². The summed E-state index contributed by atoms with van der Waals surface area (Å²) in [6, 6.07) is 11.8. The van der Waals surface area contributed by atoms with Crippen molar-refractivity contribution < 1.29 is 18.7 Å². The van der Waals surface area contributed by atoms with Crippen LogP contribution in [0, 0.1) is 5.82 Å². The first kappa shape index (κ1) is 24.8. The molecule has 0 fully saturated rings. The molecule has 1 aromatic heterocycles. The minimum atomic E-state index is -1.04. The van der Waals surface area contributed by atoms with E-state index in [0.717, 1.165) is 5.56 Å². The first-order valence-electron chi connectivity index (χ1n) is 11.0. The van der Waals surface area contributed by atoms with Crippen molar-refractivity contribution in [2.75, 3.05) is 7.11 Å². The van der Waals surface area contributed by atoms with Crippen molar-refractivity contribution in [3.05, 3.63) is 89.8 Å². The Hall–Kier alpha value is -3.81. The number of nitrogens with one attached hydrogen (secondary N) is 1. The average molecular weight is 465 g/mol. The Morgan fingerprint density at radius 3 is 2.50 bits per heavy atom. The monoisotopic (exact) mass is 464 g/mol. The van der Waals surface area contributed by atoms with Crippen LogP contribution in [0.3, 0.4) is 0 Å². The highest BCUT2D eigenvalue weighted by Crippen LogP contribution is 2.27. The Kier molecular flexibility index (Phi) is 7.94. The quantitative estimate of drug-likeness (QED) is 0.510. The minimum Gasteiger partial charge on any atom is -0.497 e. The van der Waals surface area contributed by atoms with Crippen molar-refractivity contribution in [1.82, 2.24) is 20.2 Å². The zero-order valence-electron chi connectivity index (χ0n) is 19.8. The number of benzene rings is 2. The van der Waals surface area contributed by atoms with Gasteiger partial charge in [0.1, 0.15) is 23.3 Å². The molecule has 3 rings (SSSR count). The predicted octanol–water partition coefficient (Wildman–Crippen LogP) is 4.31. The Bertz CT molecular complexity index is 1120. The van der Waals surface area contributed by atoms with E-state index in [2.05, 4.69) is 15.3 Å². The number of hydrogen-bond acceptors (Lipinski definition) is 5. The van der Waals surface area contributed by atoms with Crippen LogP contribution in [0.25, 0.3) is 0 Å². The summed E-state index contributed by atoms with van der Waals surface area (Å²) >= 11 is 0. The van der Waals surface area contributed by atoms with Crippen LogP contribution < -0.4 is 10.1 Å². The van der Waals surface area contributed by atoms with Crippen molar-refractivity contribution in [1.29, 1.82) is 0 Å². The van der Waals surface area contributed by atoms with E-state index in [9.17, 15) is 14.0 Å². The number of halogens is 1. The van der Waals surface area contributed by atoms with Crippen LogP contribution >= 0.6 is 0 Å². The highest BCUT2D eigenvalue weighted by Gasteiger charge is 2.35. The van der Waals surface area contributed by atoms with Gasteiger partial charge >= 0.3 is 0 Å².